The van der Waals surface area contributed by atoms with Gasteiger partial charge < -0.3 is 19.7 Å². The van der Waals surface area contributed by atoms with Gasteiger partial charge in [-0.25, -0.2) is 8.42 Å². The van der Waals surface area contributed by atoms with E-state index in [9.17, 15) is 18.0 Å². The monoisotopic (exact) mass is 607 g/mol. The molecule has 0 radical (unpaired) electrons. The van der Waals surface area contributed by atoms with E-state index < -0.39 is 28.5 Å². The third-order valence-electron chi connectivity index (χ3n) is 7.86. The van der Waals surface area contributed by atoms with Crippen LogP contribution in [0, 0.1) is 6.92 Å². The molecule has 3 aromatic carbocycles. The molecule has 3 aromatic rings. The van der Waals surface area contributed by atoms with Gasteiger partial charge in [0, 0.05) is 18.7 Å². The number of carbonyl (C=O) groups excluding carboxylic acids is 2. The van der Waals surface area contributed by atoms with E-state index in [0.717, 1.165) is 47.5 Å². The molecule has 1 fully saturated rings. The quantitative estimate of drug-likeness (QED) is 0.308. The molecule has 1 unspecified atom stereocenters. The SMILES string of the molecule is COc1ccc(OC)c(N(CC(=O)N(Cc2ccccc2)C(C)C(=O)NC2CCCCC2)S(=O)(=O)c2ccc(C)cc2)c1. The van der Waals surface area contributed by atoms with Gasteiger partial charge in [0.05, 0.1) is 24.8 Å². The number of carbonyl (C=O) groups is 2. The van der Waals surface area contributed by atoms with Gasteiger partial charge in [-0.05, 0) is 56.5 Å². The number of ether oxygens (including phenoxy) is 2. The first-order chi connectivity index (χ1) is 20.6. The zero-order chi connectivity index (χ0) is 31.0. The molecule has 1 aliphatic rings. The van der Waals surface area contributed by atoms with Crippen LogP contribution in [-0.4, -0.2) is 58.0 Å². The summed E-state index contributed by atoms with van der Waals surface area (Å²) in [5.41, 5.74) is 1.86. The number of anilines is 1. The summed E-state index contributed by atoms with van der Waals surface area (Å²) in [6.07, 6.45) is 5.08. The Morgan fingerprint density at radius 1 is 0.930 bits per heavy atom. The number of hydrogen-bond donors (Lipinski definition) is 1. The molecular formula is C33H41N3O6S. The Hall–Kier alpha value is -4.05. The fourth-order valence-electron chi connectivity index (χ4n) is 5.27. The van der Waals surface area contributed by atoms with Gasteiger partial charge in [0.2, 0.25) is 11.8 Å². The van der Waals surface area contributed by atoms with E-state index >= 15 is 0 Å². The Balaban J connectivity index is 1.73. The summed E-state index contributed by atoms with van der Waals surface area (Å²) in [7, 11) is -1.34. The average Bonchev–Trinajstić information content (AvgIpc) is 3.02. The van der Waals surface area contributed by atoms with Crippen LogP contribution in [0.5, 0.6) is 11.5 Å². The van der Waals surface area contributed by atoms with E-state index in [1.54, 1.807) is 31.2 Å². The standard InChI is InChI=1S/C33H41N3O6S/c1-24-15-18-29(19-16-24)43(39,40)36(30-21-28(41-3)17-20-31(30)42-4)23-32(37)35(22-26-11-7-5-8-12-26)25(2)33(38)34-27-13-9-6-10-14-27/h5,7-8,11-12,15-21,25,27H,6,9-10,13-14,22-23H2,1-4H3,(H,34,38). The first kappa shape index (κ1) is 31.9. The molecule has 9 nitrogen and oxygen atoms in total. The molecule has 0 spiro atoms. The predicted octanol–water partition coefficient (Wildman–Crippen LogP) is 5.07. The van der Waals surface area contributed by atoms with Gasteiger partial charge in [-0.2, -0.15) is 0 Å². The summed E-state index contributed by atoms with van der Waals surface area (Å²) in [6, 6.07) is 19.8. The highest BCUT2D eigenvalue weighted by atomic mass is 32.2. The number of sulfonamides is 1. The molecule has 43 heavy (non-hydrogen) atoms. The smallest absolute Gasteiger partial charge is 0.264 e. The topological polar surface area (TPSA) is 105 Å². The van der Waals surface area contributed by atoms with Crippen molar-refractivity contribution in [2.75, 3.05) is 25.1 Å². The molecule has 1 aliphatic carbocycles. The summed E-state index contributed by atoms with van der Waals surface area (Å²) in [5.74, 6) is -0.144. The summed E-state index contributed by atoms with van der Waals surface area (Å²) in [4.78, 5) is 29.2. The minimum absolute atomic E-state index is 0.0217. The molecule has 0 heterocycles. The number of aryl methyl sites for hydroxylation is 1. The van der Waals surface area contributed by atoms with Crippen LogP contribution in [0.15, 0.2) is 77.7 Å². The Bertz CT molecular complexity index is 1490. The van der Waals surface area contributed by atoms with E-state index in [1.165, 1.54) is 37.3 Å². The summed E-state index contributed by atoms with van der Waals surface area (Å²) < 4.78 is 40.3. The minimum atomic E-state index is -4.25. The number of nitrogens with zero attached hydrogens (tertiary/aromatic N) is 2. The molecule has 0 aliphatic heterocycles. The molecule has 1 N–H and O–H groups in total. The second-order valence-electron chi connectivity index (χ2n) is 10.9. The van der Waals surface area contributed by atoms with Crippen LogP contribution >= 0.6 is 0 Å². The largest absolute Gasteiger partial charge is 0.497 e. The summed E-state index contributed by atoms with van der Waals surface area (Å²) >= 11 is 0. The Kier molecular flexibility index (Phi) is 10.7. The number of benzene rings is 3. The van der Waals surface area contributed by atoms with Crippen LogP contribution in [0.2, 0.25) is 0 Å². The second kappa shape index (κ2) is 14.4. The maximum Gasteiger partial charge on any atom is 0.264 e. The predicted molar refractivity (Wildman–Crippen MR) is 167 cm³/mol. The molecular weight excluding hydrogens is 566 g/mol. The zero-order valence-electron chi connectivity index (χ0n) is 25.3. The van der Waals surface area contributed by atoms with E-state index in [1.807, 2.05) is 37.3 Å². The van der Waals surface area contributed by atoms with Crippen molar-refractivity contribution in [2.45, 2.75) is 69.5 Å². The van der Waals surface area contributed by atoms with Crippen LogP contribution in [0.25, 0.3) is 0 Å². The fourth-order valence-corrected chi connectivity index (χ4v) is 6.69. The molecule has 4 rings (SSSR count). The third-order valence-corrected chi connectivity index (χ3v) is 9.63. The molecule has 0 aromatic heterocycles. The molecule has 1 saturated carbocycles. The fraction of sp³-hybridized carbons (Fsp3) is 0.394. The van der Waals surface area contributed by atoms with E-state index in [4.69, 9.17) is 9.47 Å². The van der Waals surface area contributed by atoms with Crippen molar-refractivity contribution in [3.05, 3.63) is 83.9 Å². The first-order valence-electron chi connectivity index (χ1n) is 14.6. The average molecular weight is 608 g/mol. The molecule has 0 saturated heterocycles. The Morgan fingerprint density at radius 3 is 2.23 bits per heavy atom. The van der Waals surface area contributed by atoms with Gasteiger partial charge in [0.1, 0.15) is 24.1 Å². The van der Waals surface area contributed by atoms with E-state index in [-0.39, 0.29) is 34.8 Å². The van der Waals surface area contributed by atoms with Crippen LogP contribution in [0.1, 0.15) is 50.2 Å². The maximum absolute atomic E-state index is 14.2. The highest BCUT2D eigenvalue weighted by molar-refractivity contribution is 7.92. The van der Waals surface area contributed by atoms with E-state index in [2.05, 4.69) is 5.32 Å². The second-order valence-corrected chi connectivity index (χ2v) is 12.8. The van der Waals surface area contributed by atoms with Crippen molar-refractivity contribution in [3.63, 3.8) is 0 Å². The number of rotatable bonds is 12. The van der Waals surface area contributed by atoms with Crippen molar-refractivity contribution in [3.8, 4) is 11.5 Å². The molecule has 10 heteroatoms. The third kappa shape index (κ3) is 7.87. The van der Waals surface area contributed by atoms with Gasteiger partial charge in [0.25, 0.3) is 10.0 Å². The van der Waals surface area contributed by atoms with Gasteiger partial charge in [-0.15, -0.1) is 0 Å². The maximum atomic E-state index is 14.2. The highest BCUT2D eigenvalue weighted by Crippen LogP contribution is 2.36. The van der Waals surface area contributed by atoms with Crippen molar-refractivity contribution in [1.82, 2.24) is 10.2 Å². The molecule has 230 valence electrons. The normalized spacial score (nSPS) is 14.4. The Morgan fingerprint density at radius 2 is 1.60 bits per heavy atom. The number of hydrogen-bond acceptors (Lipinski definition) is 6. The van der Waals surface area contributed by atoms with Crippen molar-refractivity contribution < 1.29 is 27.5 Å². The lowest BCUT2D eigenvalue weighted by Gasteiger charge is -2.33. The lowest BCUT2D eigenvalue weighted by Crippen LogP contribution is -2.53. The summed E-state index contributed by atoms with van der Waals surface area (Å²) in [6.45, 7) is 3.12. The van der Waals surface area contributed by atoms with Crippen LogP contribution in [0.3, 0.4) is 0 Å². The van der Waals surface area contributed by atoms with Crippen molar-refractivity contribution in [2.24, 2.45) is 0 Å². The van der Waals surface area contributed by atoms with Crippen LogP contribution in [0.4, 0.5) is 5.69 Å². The van der Waals surface area contributed by atoms with Crippen LogP contribution in [-0.2, 0) is 26.2 Å². The minimum Gasteiger partial charge on any atom is -0.497 e. The van der Waals surface area contributed by atoms with Crippen LogP contribution < -0.4 is 19.1 Å². The van der Waals surface area contributed by atoms with Gasteiger partial charge in [-0.3, -0.25) is 13.9 Å². The molecule has 1 atom stereocenters. The van der Waals surface area contributed by atoms with Gasteiger partial charge >= 0.3 is 0 Å². The highest BCUT2D eigenvalue weighted by Gasteiger charge is 2.34. The number of nitrogens with one attached hydrogen (secondary N) is 1. The molecule has 0 bridgehead atoms. The number of methoxy groups -OCH3 is 2. The number of amides is 2. The van der Waals surface area contributed by atoms with E-state index in [0.29, 0.717) is 5.75 Å². The van der Waals surface area contributed by atoms with Gasteiger partial charge in [-0.1, -0.05) is 67.3 Å². The molecule has 2 amide bonds. The lowest BCUT2D eigenvalue weighted by atomic mass is 9.95. The lowest BCUT2D eigenvalue weighted by molar-refractivity contribution is -0.139. The Labute approximate surface area is 254 Å². The summed E-state index contributed by atoms with van der Waals surface area (Å²) in [5, 5.41) is 3.12. The zero-order valence-corrected chi connectivity index (χ0v) is 26.1. The van der Waals surface area contributed by atoms with Crippen molar-refractivity contribution >= 4 is 27.5 Å². The van der Waals surface area contributed by atoms with Crippen molar-refractivity contribution in [1.29, 1.82) is 0 Å². The first-order valence-corrected chi connectivity index (χ1v) is 16.0. The van der Waals surface area contributed by atoms with Gasteiger partial charge in [0.15, 0.2) is 0 Å².